The van der Waals surface area contributed by atoms with Crippen LogP contribution in [-0.4, -0.2) is 27.2 Å². The average Bonchev–Trinajstić information content (AvgIpc) is 2.34. The van der Waals surface area contributed by atoms with E-state index in [4.69, 9.17) is 0 Å². The fraction of sp³-hybridized carbons (Fsp3) is 0.571. The van der Waals surface area contributed by atoms with E-state index in [1.54, 1.807) is 18.3 Å². The molecule has 6 heteroatoms. The molecule has 1 aromatic heterocycles. The second-order valence-electron chi connectivity index (χ2n) is 5.99. The minimum absolute atomic E-state index is 0.127. The fourth-order valence-corrected chi connectivity index (χ4v) is 3.44. The smallest absolute Gasteiger partial charge is 0.319 e. The molecular formula is C14H17N3O3. The third-order valence-corrected chi connectivity index (χ3v) is 4.67. The zero-order chi connectivity index (χ0) is 14.2. The van der Waals surface area contributed by atoms with Crippen LogP contribution in [0.5, 0.6) is 0 Å². The van der Waals surface area contributed by atoms with E-state index in [1.165, 1.54) is 0 Å². The van der Waals surface area contributed by atoms with Crippen LogP contribution in [0.15, 0.2) is 18.3 Å². The molecule has 3 rings (SSSR count). The zero-order valence-electron chi connectivity index (χ0n) is 11.1. The second-order valence-corrected chi connectivity index (χ2v) is 5.99. The lowest BCUT2D eigenvalue weighted by molar-refractivity contribution is -0.181. The van der Waals surface area contributed by atoms with Crippen molar-refractivity contribution in [2.24, 2.45) is 10.8 Å². The molecule has 1 heterocycles. The Bertz CT molecular complexity index is 532. The molecule has 0 aromatic carbocycles. The molecule has 2 aliphatic rings. The molecule has 6 nitrogen and oxygen atoms in total. The summed E-state index contributed by atoms with van der Waals surface area (Å²) >= 11 is 0. The minimum atomic E-state index is -1.23. The number of rotatable bonds is 4. The molecule has 0 saturated heterocycles. The van der Waals surface area contributed by atoms with Gasteiger partial charge in [0.15, 0.2) is 0 Å². The van der Waals surface area contributed by atoms with E-state index >= 15 is 0 Å². The molecule has 2 saturated carbocycles. The van der Waals surface area contributed by atoms with Crippen molar-refractivity contribution in [2.75, 3.05) is 0 Å². The number of nitrogens with zero attached hydrogens (tertiary/aromatic N) is 2. The number of hydrogen-bond acceptors (Lipinski definition) is 4. The Hall–Kier alpha value is -1.98. The van der Waals surface area contributed by atoms with Crippen molar-refractivity contribution in [2.45, 2.75) is 38.6 Å². The van der Waals surface area contributed by atoms with Gasteiger partial charge < -0.3 is 10.4 Å². The SMILES string of the molecule is O=C(O)C1(C(=O)NCc2cccnn2)CC2(CCC2)C1. The van der Waals surface area contributed by atoms with Gasteiger partial charge in [0, 0.05) is 6.20 Å². The van der Waals surface area contributed by atoms with Crippen molar-refractivity contribution < 1.29 is 14.7 Å². The van der Waals surface area contributed by atoms with E-state index in [2.05, 4.69) is 15.5 Å². The number of carboxylic acid groups (broad SMARTS) is 1. The first-order valence-electron chi connectivity index (χ1n) is 6.85. The van der Waals surface area contributed by atoms with Crippen LogP contribution in [0.1, 0.15) is 37.8 Å². The highest BCUT2D eigenvalue weighted by Gasteiger charge is 2.64. The topological polar surface area (TPSA) is 92.2 Å². The maximum atomic E-state index is 12.2. The zero-order valence-corrected chi connectivity index (χ0v) is 11.1. The predicted octanol–water partition coefficient (Wildman–Crippen LogP) is 1.13. The van der Waals surface area contributed by atoms with Gasteiger partial charge >= 0.3 is 5.97 Å². The maximum absolute atomic E-state index is 12.2. The lowest BCUT2D eigenvalue weighted by Gasteiger charge is -2.58. The Labute approximate surface area is 116 Å². The van der Waals surface area contributed by atoms with Crippen molar-refractivity contribution in [3.63, 3.8) is 0 Å². The molecule has 20 heavy (non-hydrogen) atoms. The Balaban J connectivity index is 1.64. The normalized spacial score (nSPS) is 21.6. The van der Waals surface area contributed by atoms with Crippen LogP contribution in [0, 0.1) is 10.8 Å². The summed E-state index contributed by atoms with van der Waals surface area (Å²) in [6, 6.07) is 3.48. The summed E-state index contributed by atoms with van der Waals surface area (Å²) in [6.45, 7) is 0.217. The molecule has 2 fully saturated rings. The van der Waals surface area contributed by atoms with E-state index in [0.717, 1.165) is 19.3 Å². The number of aliphatic carboxylic acids is 1. The summed E-state index contributed by atoms with van der Waals surface area (Å²) in [5.41, 5.74) is -0.482. The molecule has 0 atom stereocenters. The van der Waals surface area contributed by atoms with Crippen molar-refractivity contribution >= 4 is 11.9 Å². The molecule has 0 unspecified atom stereocenters. The summed E-state index contributed by atoms with van der Waals surface area (Å²) in [4.78, 5) is 23.7. The van der Waals surface area contributed by atoms with Crippen LogP contribution in [0.25, 0.3) is 0 Å². The second kappa shape index (κ2) is 4.54. The summed E-state index contributed by atoms with van der Waals surface area (Å²) in [6.07, 6.45) is 5.76. The molecule has 1 spiro atoms. The van der Waals surface area contributed by atoms with E-state index in [9.17, 15) is 14.7 Å². The van der Waals surface area contributed by atoms with Crippen LogP contribution in [-0.2, 0) is 16.1 Å². The van der Waals surface area contributed by atoms with Gasteiger partial charge in [0.2, 0.25) is 5.91 Å². The van der Waals surface area contributed by atoms with Gasteiger partial charge in [-0.25, -0.2) is 0 Å². The van der Waals surface area contributed by atoms with Crippen LogP contribution in [0.4, 0.5) is 0 Å². The van der Waals surface area contributed by atoms with Crippen LogP contribution < -0.4 is 5.32 Å². The lowest BCUT2D eigenvalue weighted by Crippen LogP contribution is -2.61. The van der Waals surface area contributed by atoms with Crippen LogP contribution in [0.2, 0.25) is 0 Å². The number of aromatic nitrogens is 2. The molecule has 0 bridgehead atoms. The molecule has 2 N–H and O–H groups in total. The van der Waals surface area contributed by atoms with Gasteiger partial charge in [0.05, 0.1) is 12.2 Å². The highest BCUT2D eigenvalue weighted by atomic mass is 16.4. The summed E-state index contributed by atoms with van der Waals surface area (Å²) in [5, 5.41) is 19.7. The predicted molar refractivity (Wildman–Crippen MR) is 69.5 cm³/mol. The van der Waals surface area contributed by atoms with Crippen LogP contribution in [0.3, 0.4) is 0 Å². The van der Waals surface area contributed by atoms with Gasteiger partial charge in [-0.2, -0.15) is 10.2 Å². The number of nitrogens with one attached hydrogen (secondary N) is 1. The maximum Gasteiger partial charge on any atom is 0.319 e. The van der Waals surface area contributed by atoms with Gasteiger partial charge in [-0.05, 0) is 43.2 Å². The van der Waals surface area contributed by atoms with Crippen molar-refractivity contribution in [1.29, 1.82) is 0 Å². The summed E-state index contributed by atoms with van der Waals surface area (Å²) in [5.74, 6) is -1.40. The van der Waals surface area contributed by atoms with Gasteiger partial charge in [-0.3, -0.25) is 9.59 Å². The Kier molecular flexibility index (Phi) is 2.96. The first-order chi connectivity index (χ1) is 9.56. The van der Waals surface area contributed by atoms with Gasteiger partial charge in [-0.1, -0.05) is 6.42 Å². The van der Waals surface area contributed by atoms with E-state index < -0.39 is 17.3 Å². The number of carbonyl (C=O) groups excluding carboxylic acids is 1. The third-order valence-electron chi connectivity index (χ3n) is 4.67. The standard InChI is InChI=1S/C14H17N3O3/c18-11(15-7-10-3-1-6-16-17-10)14(12(19)20)8-13(9-14)4-2-5-13/h1,3,6H,2,4-5,7-9H2,(H,15,18)(H,19,20). The summed E-state index contributed by atoms with van der Waals surface area (Å²) < 4.78 is 0. The largest absolute Gasteiger partial charge is 0.480 e. The first-order valence-corrected chi connectivity index (χ1v) is 6.85. The first kappa shape index (κ1) is 13.0. The average molecular weight is 275 g/mol. The highest BCUT2D eigenvalue weighted by Crippen LogP contribution is 2.64. The van der Waals surface area contributed by atoms with Crippen molar-refractivity contribution in [3.05, 3.63) is 24.0 Å². The van der Waals surface area contributed by atoms with E-state index in [1.807, 2.05) is 0 Å². The van der Waals surface area contributed by atoms with Crippen molar-refractivity contribution in [1.82, 2.24) is 15.5 Å². The number of hydrogen-bond donors (Lipinski definition) is 2. The van der Waals surface area contributed by atoms with Gasteiger partial charge in [0.1, 0.15) is 5.41 Å². The lowest BCUT2D eigenvalue weighted by atomic mass is 9.45. The van der Waals surface area contributed by atoms with E-state index in [0.29, 0.717) is 18.5 Å². The number of carbonyl (C=O) groups is 2. The summed E-state index contributed by atoms with van der Waals surface area (Å²) in [7, 11) is 0. The minimum Gasteiger partial charge on any atom is -0.480 e. The van der Waals surface area contributed by atoms with E-state index in [-0.39, 0.29) is 12.0 Å². The van der Waals surface area contributed by atoms with Gasteiger partial charge in [-0.15, -0.1) is 0 Å². The van der Waals surface area contributed by atoms with Crippen molar-refractivity contribution in [3.8, 4) is 0 Å². The fourth-order valence-electron chi connectivity index (χ4n) is 3.44. The molecule has 0 radical (unpaired) electrons. The molecular weight excluding hydrogens is 258 g/mol. The molecule has 106 valence electrons. The van der Waals surface area contributed by atoms with Crippen LogP contribution >= 0.6 is 0 Å². The Morgan fingerprint density at radius 2 is 2.10 bits per heavy atom. The van der Waals surface area contributed by atoms with Gasteiger partial charge in [0.25, 0.3) is 0 Å². The molecule has 1 amide bonds. The molecule has 1 aromatic rings. The monoisotopic (exact) mass is 275 g/mol. The number of amides is 1. The Morgan fingerprint density at radius 3 is 2.60 bits per heavy atom. The Morgan fingerprint density at radius 1 is 1.35 bits per heavy atom. The molecule has 0 aliphatic heterocycles. The highest BCUT2D eigenvalue weighted by molar-refractivity contribution is 6.03. The quantitative estimate of drug-likeness (QED) is 0.803. The third kappa shape index (κ3) is 1.95. The molecule has 2 aliphatic carbocycles. The number of carboxylic acids is 1.